The van der Waals surface area contributed by atoms with Gasteiger partial charge >= 0.3 is 0 Å². The number of carbonyl (C=O) groups is 1. The number of carbonyl (C=O) groups excluding carboxylic acids is 1. The number of halogens is 1. The van der Waals surface area contributed by atoms with E-state index in [4.69, 9.17) is 4.74 Å². The van der Waals surface area contributed by atoms with Crippen molar-refractivity contribution in [3.8, 4) is 5.75 Å². The van der Waals surface area contributed by atoms with E-state index in [1.165, 1.54) is 0 Å². The number of nitrogens with one attached hydrogen (secondary N) is 1. The molecule has 1 aromatic carbocycles. The summed E-state index contributed by atoms with van der Waals surface area (Å²) < 4.78 is 6.62. The molecule has 0 saturated carbocycles. The van der Waals surface area contributed by atoms with Gasteiger partial charge in [0.25, 0.3) is 0 Å². The van der Waals surface area contributed by atoms with Gasteiger partial charge in [-0.25, -0.2) is 0 Å². The Bertz CT molecular complexity index is 534. The first-order chi connectivity index (χ1) is 11.2. The van der Waals surface area contributed by atoms with Gasteiger partial charge in [0.1, 0.15) is 5.75 Å². The predicted molar refractivity (Wildman–Crippen MR) is 93.7 cm³/mol. The molecule has 0 radical (unpaired) electrons. The Morgan fingerprint density at radius 1 is 1.26 bits per heavy atom. The van der Waals surface area contributed by atoms with E-state index in [-0.39, 0.29) is 5.91 Å². The molecule has 0 bridgehead atoms. The van der Waals surface area contributed by atoms with Crippen LogP contribution < -0.4 is 10.1 Å². The van der Waals surface area contributed by atoms with Gasteiger partial charge in [-0.2, -0.15) is 0 Å². The summed E-state index contributed by atoms with van der Waals surface area (Å²) in [5.74, 6) is 0.995. The monoisotopic (exact) mass is 381 g/mol. The molecule has 2 heterocycles. The number of para-hydroxylation sites is 1. The molecule has 23 heavy (non-hydrogen) atoms. The predicted octanol–water partition coefficient (Wildman–Crippen LogP) is 1.72. The molecule has 0 spiro atoms. The fraction of sp³-hybridized carbons (Fsp3) is 0.588. The van der Waals surface area contributed by atoms with Crippen molar-refractivity contribution in [1.29, 1.82) is 0 Å². The lowest BCUT2D eigenvalue weighted by molar-refractivity contribution is -0.130. The summed E-state index contributed by atoms with van der Waals surface area (Å²) in [4.78, 5) is 16.9. The van der Waals surface area contributed by atoms with Crippen molar-refractivity contribution in [2.45, 2.75) is 18.9 Å². The number of rotatable bonds is 5. The fourth-order valence-electron chi connectivity index (χ4n) is 3.28. The van der Waals surface area contributed by atoms with Crippen LogP contribution in [-0.2, 0) is 4.79 Å². The molecule has 2 fully saturated rings. The standard InChI is InChI=1S/C17H24BrN3O2/c18-15-3-1-2-4-16(15)23-12-6-17(22)21-9-5-14(13-21)20-10-7-19-8-11-20/h1-4,14,19H,5-13H2. The van der Waals surface area contributed by atoms with Crippen LogP contribution >= 0.6 is 15.9 Å². The van der Waals surface area contributed by atoms with Crippen LogP contribution in [0.1, 0.15) is 12.8 Å². The third-order valence-corrected chi connectivity index (χ3v) is 5.25. The molecule has 6 heteroatoms. The van der Waals surface area contributed by atoms with Crippen molar-refractivity contribution in [2.24, 2.45) is 0 Å². The van der Waals surface area contributed by atoms with Gasteiger partial charge in [-0.15, -0.1) is 0 Å². The number of benzene rings is 1. The van der Waals surface area contributed by atoms with Crippen LogP contribution in [-0.4, -0.2) is 67.6 Å². The summed E-state index contributed by atoms with van der Waals surface area (Å²) in [6.45, 7) is 6.48. The molecule has 1 amide bonds. The third kappa shape index (κ3) is 4.46. The van der Waals surface area contributed by atoms with Crippen LogP contribution in [0.4, 0.5) is 0 Å². The largest absolute Gasteiger partial charge is 0.492 e. The van der Waals surface area contributed by atoms with Gasteiger partial charge in [0, 0.05) is 45.3 Å². The Morgan fingerprint density at radius 3 is 2.83 bits per heavy atom. The van der Waals surface area contributed by atoms with E-state index in [1.807, 2.05) is 29.2 Å². The van der Waals surface area contributed by atoms with Crippen molar-refractivity contribution < 1.29 is 9.53 Å². The zero-order valence-corrected chi connectivity index (χ0v) is 14.9. The van der Waals surface area contributed by atoms with E-state index in [2.05, 4.69) is 26.1 Å². The lowest BCUT2D eigenvalue weighted by Crippen LogP contribution is -2.49. The van der Waals surface area contributed by atoms with Crippen molar-refractivity contribution >= 4 is 21.8 Å². The maximum absolute atomic E-state index is 12.4. The van der Waals surface area contributed by atoms with Gasteiger partial charge in [-0.05, 0) is 34.5 Å². The number of ether oxygens (including phenoxy) is 1. The Balaban J connectivity index is 1.41. The average Bonchev–Trinajstić information content (AvgIpc) is 3.07. The number of hydrogen-bond acceptors (Lipinski definition) is 4. The summed E-state index contributed by atoms with van der Waals surface area (Å²) in [5, 5.41) is 3.38. The maximum atomic E-state index is 12.4. The Labute approximate surface area is 146 Å². The highest BCUT2D eigenvalue weighted by atomic mass is 79.9. The van der Waals surface area contributed by atoms with Gasteiger partial charge in [0.05, 0.1) is 17.5 Å². The highest BCUT2D eigenvalue weighted by molar-refractivity contribution is 9.10. The molecular weight excluding hydrogens is 358 g/mol. The van der Waals surface area contributed by atoms with Crippen molar-refractivity contribution in [3.63, 3.8) is 0 Å². The van der Waals surface area contributed by atoms with Gasteiger partial charge in [0.2, 0.25) is 5.91 Å². The first-order valence-corrected chi connectivity index (χ1v) is 9.13. The number of likely N-dealkylation sites (tertiary alicyclic amines) is 1. The van der Waals surface area contributed by atoms with Crippen molar-refractivity contribution in [1.82, 2.24) is 15.1 Å². The second-order valence-corrected chi connectivity index (χ2v) is 6.95. The summed E-state index contributed by atoms with van der Waals surface area (Å²) in [7, 11) is 0. The molecule has 2 saturated heterocycles. The van der Waals surface area contributed by atoms with Crippen molar-refractivity contribution in [3.05, 3.63) is 28.7 Å². The zero-order chi connectivity index (χ0) is 16.1. The first kappa shape index (κ1) is 16.7. The molecule has 0 aliphatic carbocycles. The molecule has 1 unspecified atom stereocenters. The molecule has 1 N–H and O–H groups in total. The maximum Gasteiger partial charge on any atom is 0.226 e. The molecule has 2 aliphatic rings. The molecule has 2 aliphatic heterocycles. The lowest BCUT2D eigenvalue weighted by Gasteiger charge is -2.32. The second kappa shape index (κ2) is 8.13. The van der Waals surface area contributed by atoms with E-state index in [9.17, 15) is 4.79 Å². The SMILES string of the molecule is O=C(CCOc1ccccc1Br)N1CCC(N2CCNCC2)C1. The van der Waals surface area contributed by atoms with E-state index >= 15 is 0 Å². The molecular formula is C17H24BrN3O2. The van der Waals surface area contributed by atoms with Crippen LogP contribution in [0.5, 0.6) is 5.75 Å². The summed E-state index contributed by atoms with van der Waals surface area (Å²) in [5.41, 5.74) is 0. The number of hydrogen-bond donors (Lipinski definition) is 1. The highest BCUT2D eigenvalue weighted by Gasteiger charge is 2.30. The van der Waals surface area contributed by atoms with Gasteiger partial charge in [0.15, 0.2) is 0 Å². The van der Waals surface area contributed by atoms with Crippen molar-refractivity contribution in [2.75, 3.05) is 45.9 Å². The van der Waals surface area contributed by atoms with Crippen LogP contribution in [0.25, 0.3) is 0 Å². The summed E-state index contributed by atoms with van der Waals surface area (Å²) in [6.07, 6.45) is 1.53. The van der Waals surface area contributed by atoms with Gasteiger partial charge < -0.3 is 15.0 Å². The summed E-state index contributed by atoms with van der Waals surface area (Å²) >= 11 is 3.45. The van der Waals surface area contributed by atoms with Crippen LogP contribution in [0.15, 0.2) is 28.7 Å². The number of amides is 1. The van der Waals surface area contributed by atoms with Gasteiger partial charge in [-0.3, -0.25) is 9.69 Å². The smallest absolute Gasteiger partial charge is 0.226 e. The average molecular weight is 382 g/mol. The Kier molecular flexibility index (Phi) is 5.91. The molecule has 3 rings (SSSR count). The van der Waals surface area contributed by atoms with Crippen LogP contribution in [0, 0.1) is 0 Å². The fourth-order valence-corrected chi connectivity index (χ4v) is 3.68. The highest BCUT2D eigenvalue weighted by Crippen LogP contribution is 2.24. The van der Waals surface area contributed by atoms with Gasteiger partial charge in [-0.1, -0.05) is 12.1 Å². The topological polar surface area (TPSA) is 44.8 Å². The second-order valence-electron chi connectivity index (χ2n) is 6.10. The number of piperazine rings is 1. The van der Waals surface area contributed by atoms with Crippen LogP contribution in [0.2, 0.25) is 0 Å². The first-order valence-electron chi connectivity index (χ1n) is 8.34. The quantitative estimate of drug-likeness (QED) is 0.843. The van der Waals surface area contributed by atoms with E-state index in [0.29, 0.717) is 19.1 Å². The van der Waals surface area contributed by atoms with E-state index in [0.717, 1.165) is 55.9 Å². The Hall–Kier alpha value is -1.11. The van der Waals surface area contributed by atoms with Crippen LogP contribution in [0.3, 0.4) is 0 Å². The minimum atomic E-state index is 0.203. The molecule has 0 aromatic heterocycles. The molecule has 126 valence electrons. The minimum Gasteiger partial charge on any atom is -0.492 e. The summed E-state index contributed by atoms with van der Waals surface area (Å²) in [6, 6.07) is 8.26. The van der Waals surface area contributed by atoms with E-state index in [1.54, 1.807) is 0 Å². The third-order valence-electron chi connectivity index (χ3n) is 4.59. The zero-order valence-electron chi connectivity index (χ0n) is 13.3. The normalized spacial score (nSPS) is 22.3. The Morgan fingerprint density at radius 2 is 2.04 bits per heavy atom. The molecule has 1 aromatic rings. The molecule has 1 atom stereocenters. The minimum absolute atomic E-state index is 0.203. The molecule has 5 nitrogen and oxygen atoms in total. The van der Waals surface area contributed by atoms with E-state index < -0.39 is 0 Å². The number of nitrogens with zero attached hydrogens (tertiary/aromatic N) is 2. The lowest BCUT2D eigenvalue weighted by atomic mass is 10.2.